The summed E-state index contributed by atoms with van der Waals surface area (Å²) >= 11 is 6.48. The molecule has 2 aromatic rings. The second-order valence-corrected chi connectivity index (χ2v) is 9.47. The maximum Gasteiger partial charge on any atom is 1.00 e. The number of halogens is 3. The Labute approximate surface area is 226 Å². The number of carbonyl (C=O) groups excluding carboxylic acids is 2. The van der Waals surface area contributed by atoms with Gasteiger partial charge in [0.25, 0.3) is 0 Å². The fourth-order valence-electron chi connectivity index (χ4n) is 2.96. The van der Waals surface area contributed by atoms with E-state index >= 15 is 0 Å². The molecule has 3 rings (SSSR count). The fourth-order valence-corrected chi connectivity index (χ4v) is 7.17. The fraction of sp³-hybridized carbons (Fsp3) is 0.263. The van der Waals surface area contributed by atoms with Crippen molar-refractivity contribution in [3.05, 3.63) is 52.7 Å². The SMILES string of the molecule is O=C([O-])C(Oc1c(I)cc(I)c(N2CCCCC2=O)c1I)c1ccccc1.[Na+]. The number of carboxylic acid groups (broad SMARTS) is 1. The summed E-state index contributed by atoms with van der Waals surface area (Å²) in [7, 11) is 0. The van der Waals surface area contributed by atoms with E-state index in [1.54, 1.807) is 29.2 Å². The Morgan fingerprint density at radius 3 is 2.39 bits per heavy atom. The van der Waals surface area contributed by atoms with Crippen molar-refractivity contribution >= 4 is 85.3 Å². The number of piperidine rings is 1. The molecule has 0 spiro atoms. The summed E-state index contributed by atoms with van der Waals surface area (Å²) in [4.78, 5) is 25.9. The summed E-state index contributed by atoms with van der Waals surface area (Å²) in [5, 5.41) is 11.7. The number of hydrogen-bond donors (Lipinski definition) is 0. The molecule has 1 aliphatic rings. The van der Waals surface area contributed by atoms with Crippen molar-refractivity contribution < 1.29 is 49.0 Å². The summed E-state index contributed by atoms with van der Waals surface area (Å²) in [5.41, 5.74) is 1.31. The van der Waals surface area contributed by atoms with Crippen molar-refractivity contribution in [2.24, 2.45) is 0 Å². The Kier molecular flexibility index (Phi) is 9.79. The molecule has 5 nitrogen and oxygen atoms in total. The van der Waals surface area contributed by atoms with Crippen molar-refractivity contribution in [1.29, 1.82) is 0 Å². The third-order valence-electron chi connectivity index (χ3n) is 4.25. The molecule has 0 aromatic heterocycles. The number of aliphatic carboxylic acids is 1. The van der Waals surface area contributed by atoms with E-state index in [-0.39, 0.29) is 35.5 Å². The molecule has 0 aliphatic carbocycles. The Morgan fingerprint density at radius 1 is 1.11 bits per heavy atom. The van der Waals surface area contributed by atoms with Crippen LogP contribution in [-0.2, 0) is 9.59 Å². The smallest absolute Gasteiger partial charge is 0.546 e. The number of carbonyl (C=O) groups is 2. The summed E-state index contributed by atoms with van der Waals surface area (Å²) in [6.45, 7) is 0.660. The molecule has 1 fully saturated rings. The third kappa shape index (κ3) is 5.54. The summed E-state index contributed by atoms with van der Waals surface area (Å²) in [6.07, 6.45) is 1.15. The monoisotopic (exact) mass is 725 g/mol. The van der Waals surface area contributed by atoms with Crippen LogP contribution in [0.15, 0.2) is 36.4 Å². The Bertz CT molecular complexity index is 879. The van der Waals surface area contributed by atoms with Crippen molar-refractivity contribution in [2.45, 2.75) is 25.4 Å². The molecule has 1 aliphatic heterocycles. The van der Waals surface area contributed by atoms with E-state index in [4.69, 9.17) is 4.74 Å². The van der Waals surface area contributed by atoms with Gasteiger partial charge in [-0.1, -0.05) is 30.3 Å². The maximum absolute atomic E-state index is 12.4. The first-order valence-electron chi connectivity index (χ1n) is 8.30. The number of hydrogen-bond acceptors (Lipinski definition) is 4. The average molecular weight is 725 g/mol. The van der Waals surface area contributed by atoms with Crippen LogP contribution in [-0.4, -0.2) is 18.4 Å². The number of carboxylic acids is 1. The number of nitrogens with zero attached hydrogens (tertiary/aromatic N) is 1. The Balaban J connectivity index is 0.00000280. The second-order valence-electron chi connectivity index (χ2n) is 6.06. The summed E-state index contributed by atoms with van der Waals surface area (Å²) < 4.78 is 8.39. The van der Waals surface area contributed by atoms with Crippen molar-refractivity contribution in [2.75, 3.05) is 11.4 Å². The predicted molar refractivity (Wildman–Crippen MR) is 126 cm³/mol. The number of ether oxygens (including phenoxy) is 1. The predicted octanol–water partition coefficient (Wildman–Crippen LogP) is 0.891. The molecule has 0 N–H and O–H groups in total. The molecule has 28 heavy (non-hydrogen) atoms. The molecule has 9 heteroatoms. The Morgan fingerprint density at radius 2 is 1.79 bits per heavy atom. The van der Waals surface area contributed by atoms with Crippen molar-refractivity contribution in [3.8, 4) is 5.75 Å². The van der Waals surface area contributed by atoms with Gasteiger partial charge in [0, 0.05) is 16.5 Å². The normalized spacial score (nSPS) is 15.0. The number of amides is 1. The van der Waals surface area contributed by atoms with Gasteiger partial charge in [-0.15, -0.1) is 0 Å². The summed E-state index contributed by atoms with van der Waals surface area (Å²) in [5.74, 6) is -0.756. The minimum absolute atomic E-state index is 0. The van der Waals surface area contributed by atoms with E-state index in [0.29, 0.717) is 24.3 Å². The maximum atomic E-state index is 12.4. The molecule has 1 saturated heterocycles. The largest absolute Gasteiger partial charge is 1.00 e. The standard InChI is InChI=1S/C19H16I3NO4.Na/c20-12-10-13(21)18(15(22)16(12)23-9-5-4-8-14(23)24)27-17(19(25)26)11-6-2-1-3-7-11;/h1-3,6-7,10,17H,4-5,8-9H2,(H,25,26);/q;+1/p-1. The topological polar surface area (TPSA) is 69.7 Å². The van der Waals surface area contributed by atoms with Crippen LogP contribution < -0.4 is 44.3 Å². The van der Waals surface area contributed by atoms with Crippen molar-refractivity contribution in [3.63, 3.8) is 0 Å². The van der Waals surface area contributed by atoms with E-state index in [2.05, 4.69) is 67.8 Å². The van der Waals surface area contributed by atoms with E-state index < -0.39 is 12.1 Å². The first-order valence-corrected chi connectivity index (χ1v) is 11.5. The number of benzene rings is 2. The molecule has 0 radical (unpaired) electrons. The van der Waals surface area contributed by atoms with Gasteiger partial charge in [-0.05, 0) is 92.2 Å². The molecule has 142 valence electrons. The minimum atomic E-state index is -1.30. The van der Waals surface area contributed by atoms with E-state index in [1.165, 1.54) is 0 Å². The van der Waals surface area contributed by atoms with E-state index in [9.17, 15) is 14.7 Å². The van der Waals surface area contributed by atoms with Crippen LogP contribution in [0.25, 0.3) is 0 Å². The molecular weight excluding hydrogens is 710 g/mol. The van der Waals surface area contributed by atoms with Crippen LogP contribution in [0.5, 0.6) is 5.75 Å². The van der Waals surface area contributed by atoms with Gasteiger partial charge < -0.3 is 19.5 Å². The molecule has 2 aromatic carbocycles. The van der Waals surface area contributed by atoms with Crippen LogP contribution in [0.2, 0.25) is 0 Å². The van der Waals surface area contributed by atoms with Crippen molar-refractivity contribution in [1.82, 2.24) is 0 Å². The van der Waals surface area contributed by atoms with Crippen LogP contribution >= 0.6 is 67.8 Å². The molecule has 0 saturated carbocycles. The van der Waals surface area contributed by atoms with Crippen LogP contribution in [0.3, 0.4) is 0 Å². The van der Waals surface area contributed by atoms with Gasteiger partial charge in [-0.2, -0.15) is 0 Å². The van der Waals surface area contributed by atoms with Gasteiger partial charge in [0.05, 0.1) is 18.8 Å². The average Bonchev–Trinajstić information content (AvgIpc) is 2.63. The van der Waals surface area contributed by atoms with Gasteiger partial charge in [-0.3, -0.25) is 4.79 Å². The van der Waals surface area contributed by atoms with E-state index in [1.807, 2.05) is 12.1 Å². The number of rotatable bonds is 5. The van der Waals surface area contributed by atoms with Gasteiger partial charge in [0.15, 0.2) is 6.10 Å². The molecule has 1 heterocycles. The quantitative estimate of drug-likeness (QED) is 0.340. The third-order valence-corrected chi connectivity index (χ3v) is 6.87. The first kappa shape index (κ1) is 24.6. The van der Waals surface area contributed by atoms with Crippen LogP contribution in [0, 0.1) is 10.7 Å². The zero-order valence-corrected chi connectivity index (χ0v) is 23.6. The summed E-state index contributed by atoms with van der Waals surface area (Å²) in [6, 6.07) is 10.6. The minimum Gasteiger partial charge on any atom is -0.546 e. The first-order chi connectivity index (χ1) is 12.9. The van der Waals surface area contributed by atoms with Gasteiger partial charge in [0.2, 0.25) is 5.91 Å². The molecule has 0 bridgehead atoms. The molecule has 1 atom stereocenters. The zero-order chi connectivity index (χ0) is 19.6. The van der Waals surface area contributed by atoms with Gasteiger partial charge in [-0.25, -0.2) is 0 Å². The van der Waals surface area contributed by atoms with Crippen LogP contribution in [0.1, 0.15) is 30.9 Å². The molecule has 1 unspecified atom stereocenters. The molecule has 1 amide bonds. The van der Waals surface area contributed by atoms with E-state index in [0.717, 1.165) is 29.2 Å². The second kappa shape index (κ2) is 11.1. The van der Waals surface area contributed by atoms with Crippen LogP contribution in [0.4, 0.5) is 5.69 Å². The Hall–Kier alpha value is 0.370. The molecular formula is C19H15I3NNaO4. The zero-order valence-electron chi connectivity index (χ0n) is 15.1. The van der Waals surface area contributed by atoms with Gasteiger partial charge >= 0.3 is 29.6 Å². The van der Waals surface area contributed by atoms with Gasteiger partial charge in [0.1, 0.15) is 5.75 Å². The number of anilines is 1.